The Hall–Kier alpha value is -3.81. The van der Waals surface area contributed by atoms with Gasteiger partial charge in [0.25, 0.3) is 5.91 Å². The van der Waals surface area contributed by atoms with Gasteiger partial charge in [-0.05, 0) is 42.3 Å². The van der Waals surface area contributed by atoms with Crippen LogP contribution >= 0.6 is 0 Å². The second kappa shape index (κ2) is 9.41. The molecular formula is C21H19FN4O3. The van der Waals surface area contributed by atoms with E-state index in [2.05, 4.69) is 25.3 Å². The van der Waals surface area contributed by atoms with Crippen LogP contribution < -0.4 is 10.6 Å². The van der Waals surface area contributed by atoms with Gasteiger partial charge in [0, 0.05) is 24.6 Å². The van der Waals surface area contributed by atoms with Gasteiger partial charge in [0.05, 0.1) is 18.2 Å². The lowest BCUT2D eigenvalue weighted by Gasteiger charge is -2.08. The second-order valence-corrected chi connectivity index (χ2v) is 6.09. The molecule has 0 radical (unpaired) electrons. The minimum atomic E-state index is -0.450. The highest BCUT2D eigenvalue weighted by molar-refractivity contribution is 6.04. The SMILES string of the molecule is COC(=O)c1ccc(NC(=O)c2cnc(NCCc3ccccc3F)nc2)cc1. The van der Waals surface area contributed by atoms with E-state index in [1.54, 1.807) is 42.5 Å². The molecule has 7 nitrogen and oxygen atoms in total. The number of aromatic nitrogens is 2. The molecule has 0 saturated heterocycles. The first kappa shape index (κ1) is 19.9. The number of hydrogen-bond acceptors (Lipinski definition) is 6. The number of amides is 1. The summed E-state index contributed by atoms with van der Waals surface area (Å²) in [4.78, 5) is 31.9. The number of carbonyl (C=O) groups is 2. The second-order valence-electron chi connectivity index (χ2n) is 6.09. The number of halogens is 1. The molecule has 1 aromatic heterocycles. The van der Waals surface area contributed by atoms with Crippen LogP contribution in [0.25, 0.3) is 0 Å². The van der Waals surface area contributed by atoms with Crippen molar-refractivity contribution in [3.8, 4) is 0 Å². The summed E-state index contributed by atoms with van der Waals surface area (Å²) in [6, 6.07) is 12.9. The van der Waals surface area contributed by atoms with E-state index in [1.165, 1.54) is 25.6 Å². The van der Waals surface area contributed by atoms with Gasteiger partial charge in [0.15, 0.2) is 0 Å². The number of methoxy groups -OCH3 is 1. The third kappa shape index (κ3) is 5.35. The summed E-state index contributed by atoms with van der Waals surface area (Å²) in [5.41, 5.74) is 1.80. The first-order chi connectivity index (χ1) is 14.1. The van der Waals surface area contributed by atoms with Gasteiger partial charge in [-0.15, -0.1) is 0 Å². The van der Waals surface area contributed by atoms with Gasteiger partial charge in [-0.1, -0.05) is 18.2 Å². The fourth-order valence-corrected chi connectivity index (χ4v) is 2.56. The van der Waals surface area contributed by atoms with E-state index in [4.69, 9.17) is 0 Å². The Morgan fingerprint density at radius 1 is 1.00 bits per heavy atom. The van der Waals surface area contributed by atoms with Crippen molar-refractivity contribution < 1.29 is 18.7 Å². The van der Waals surface area contributed by atoms with Crippen LogP contribution in [0.1, 0.15) is 26.3 Å². The molecule has 0 atom stereocenters. The Kier molecular flexibility index (Phi) is 6.47. The average molecular weight is 394 g/mol. The maximum Gasteiger partial charge on any atom is 0.337 e. The van der Waals surface area contributed by atoms with E-state index >= 15 is 0 Å². The monoisotopic (exact) mass is 394 g/mol. The molecule has 1 amide bonds. The van der Waals surface area contributed by atoms with Gasteiger partial charge < -0.3 is 15.4 Å². The average Bonchev–Trinajstić information content (AvgIpc) is 2.75. The fourth-order valence-electron chi connectivity index (χ4n) is 2.56. The van der Waals surface area contributed by atoms with Crippen molar-refractivity contribution in [2.75, 3.05) is 24.3 Å². The van der Waals surface area contributed by atoms with Crippen molar-refractivity contribution in [3.05, 3.63) is 83.4 Å². The highest BCUT2D eigenvalue weighted by Gasteiger charge is 2.09. The van der Waals surface area contributed by atoms with Crippen LogP contribution in [0.5, 0.6) is 0 Å². The van der Waals surface area contributed by atoms with E-state index in [1.807, 2.05) is 0 Å². The van der Waals surface area contributed by atoms with Crippen molar-refractivity contribution in [2.24, 2.45) is 0 Å². The zero-order valence-electron chi connectivity index (χ0n) is 15.7. The van der Waals surface area contributed by atoms with Crippen molar-refractivity contribution in [1.29, 1.82) is 0 Å². The highest BCUT2D eigenvalue weighted by atomic mass is 19.1. The number of carbonyl (C=O) groups excluding carboxylic acids is 2. The first-order valence-corrected chi connectivity index (χ1v) is 8.86. The Bertz CT molecular complexity index is 992. The smallest absolute Gasteiger partial charge is 0.337 e. The molecule has 0 fully saturated rings. The van der Waals surface area contributed by atoms with E-state index in [0.29, 0.717) is 35.7 Å². The molecule has 0 unspecified atom stereocenters. The zero-order chi connectivity index (χ0) is 20.6. The summed E-state index contributed by atoms with van der Waals surface area (Å²) in [6.07, 6.45) is 3.28. The zero-order valence-corrected chi connectivity index (χ0v) is 15.7. The molecule has 2 aromatic carbocycles. The number of rotatable bonds is 7. The van der Waals surface area contributed by atoms with E-state index in [-0.39, 0.29) is 17.3 Å². The molecule has 3 rings (SSSR count). The van der Waals surface area contributed by atoms with Gasteiger partial charge in [-0.25, -0.2) is 19.2 Å². The molecule has 148 valence electrons. The third-order valence-corrected chi connectivity index (χ3v) is 4.11. The van der Waals surface area contributed by atoms with Crippen LogP contribution in [-0.4, -0.2) is 35.5 Å². The van der Waals surface area contributed by atoms with Crippen molar-refractivity contribution in [2.45, 2.75) is 6.42 Å². The Balaban J connectivity index is 1.53. The summed E-state index contributed by atoms with van der Waals surface area (Å²) in [5, 5.41) is 5.69. The topological polar surface area (TPSA) is 93.2 Å². The number of nitrogens with one attached hydrogen (secondary N) is 2. The number of hydrogen-bond donors (Lipinski definition) is 2. The fraction of sp³-hybridized carbons (Fsp3) is 0.143. The van der Waals surface area contributed by atoms with Crippen molar-refractivity contribution in [3.63, 3.8) is 0 Å². The lowest BCUT2D eigenvalue weighted by molar-refractivity contribution is 0.0600. The van der Waals surface area contributed by atoms with Crippen LogP contribution in [0.15, 0.2) is 60.9 Å². The molecular weight excluding hydrogens is 375 g/mol. The maximum atomic E-state index is 13.6. The number of anilines is 2. The number of benzene rings is 2. The van der Waals surface area contributed by atoms with Crippen molar-refractivity contribution >= 4 is 23.5 Å². The molecule has 3 aromatic rings. The summed E-state index contributed by atoms with van der Waals surface area (Å²) in [6.45, 7) is 0.457. The molecule has 0 aliphatic heterocycles. The minimum Gasteiger partial charge on any atom is -0.465 e. The summed E-state index contributed by atoms with van der Waals surface area (Å²) >= 11 is 0. The number of ether oxygens (including phenoxy) is 1. The highest BCUT2D eigenvalue weighted by Crippen LogP contribution is 2.12. The lowest BCUT2D eigenvalue weighted by atomic mass is 10.1. The quantitative estimate of drug-likeness (QED) is 0.597. The maximum absolute atomic E-state index is 13.6. The standard InChI is InChI=1S/C21H19FN4O3/c1-29-20(28)15-6-8-17(9-7-15)26-19(27)16-12-24-21(25-13-16)23-11-10-14-4-2-3-5-18(14)22/h2-9,12-13H,10-11H2,1H3,(H,26,27)(H,23,24,25). The van der Waals surface area contributed by atoms with E-state index < -0.39 is 5.97 Å². The van der Waals surface area contributed by atoms with Gasteiger partial charge in [-0.3, -0.25) is 4.79 Å². The van der Waals surface area contributed by atoms with Gasteiger partial charge >= 0.3 is 5.97 Å². The first-order valence-electron chi connectivity index (χ1n) is 8.86. The van der Waals surface area contributed by atoms with Crippen LogP contribution in [0, 0.1) is 5.82 Å². The van der Waals surface area contributed by atoms with Gasteiger partial charge in [-0.2, -0.15) is 0 Å². The molecule has 0 saturated carbocycles. The van der Waals surface area contributed by atoms with Crippen LogP contribution in [0.4, 0.5) is 16.0 Å². The number of nitrogens with zero attached hydrogens (tertiary/aromatic N) is 2. The predicted molar refractivity (Wildman–Crippen MR) is 106 cm³/mol. The molecule has 0 spiro atoms. The number of esters is 1. The van der Waals surface area contributed by atoms with Crippen molar-refractivity contribution in [1.82, 2.24) is 9.97 Å². The van der Waals surface area contributed by atoms with E-state index in [0.717, 1.165) is 0 Å². The molecule has 1 heterocycles. The van der Waals surface area contributed by atoms with Crippen LogP contribution in [0.2, 0.25) is 0 Å². The molecule has 0 aliphatic rings. The summed E-state index contributed by atoms with van der Waals surface area (Å²) in [7, 11) is 1.30. The normalized spacial score (nSPS) is 10.3. The molecule has 0 bridgehead atoms. The van der Waals surface area contributed by atoms with E-state index in [9.17, 15) is 14.0 Å². The predicted octanol–water partition coefficient (Wildman–Crippen LogP) is 3.31. The Morgan fingerprint density at radius 2 is 1.69 bits per heavy atom. The Labute approximate surface area is 167 Å². The van der Waals surface area contributed by atoms with Crippen LogP contribution in [-0.2, 0) is 11.2 Å². The molecule has 29 heavy (non-hydrogen) atoms. The summed E-state index contributed by atoms with van der Waals surface area (Å²) < 4.78 is 18.2. The minimum absolute atomic E-state index is 0.248. The Morgan fingerprint density at radius 3 is 2.34 bits per heavy atom. The van der Waals surface area contributed by atoms with Gasteiger partial charge in [0.1, 0.15) is 5.82 Å². The summed E-state index contributed by atoms with van der Waals surface area (Å²) in [5.74, 6) is -0.731. The molecule has 0 aliphatic carbocycles. The molecule has 2 N–H and O–H groups in total. The third-order valence-electron chi connectivity index (χ3n) is 4.11. The lowest BCUT2D eigenvalue weighted by Crippen LogP contribution is -2.14. The van der Waals surface area contributed by atoms with Crippen LogP contribution in [0.3, 0.4) is 0 Å². The largest absolute Gasteiger partial charge is 0.465 e. The molecule has 8 heteroatoms. The van der Waals surface area contributed by atoms with Gasteiger partial charge in [0.2, 0.25) is 5.95 Å².